The molecular formula is C22H22N2O2. The minimum absolute atomic E-state index is 0. The second kappa shape index (κ2) is 7.40. The largest absolute Gasteiger partial charge is 0.493 e. The molecule has 0 saturated heterocycles. The molecule has 0 aliphatic heterocycles. The van der Waals surface area contributed by atoms with Crippen LogP contribution in [0.1, 0.15) is 18.6 Å². The molecule has 0 aliphatic carbocycles. The van der Waals surface area contributed by atoms with Crippen molar-refractivity contribution in [3.63, 3.8) is 0 Å². The highest BCUT2D eigenvalue weighted by Crippen LogP contribution is 2.33. The first-order valence-corrected chi connectivity index (χ1v) is 8.11. The van der Waals surface area contributed by atoms with E-state index in [2.05, 4.69) is 22.1 Å². The summed E-state index contributed by atoms with van der Waals surface area (Å²) in [6.07, 6.45) is 6.45. The van der Waals surface area contributed by atoms with Gasteiger partial charge in [-0.25, -0.2) is 0 Å². The zero-order chi connectivity index (χ0) is 17.2. The fourth-order valence-electron chi connectivity index (χ4n) is 3.13. The number of rotatable bonds is 4. The van der Waals surface area contributed by atoms with Crippen LogP contribution in [-0.2, 0) is 6.42 Å². The predicted octanol–water partition coefficient (Wildman–Crippen LogP) is 5.03. The molecule has 26 heavy (non-hydrogen) atoms. The lowest BCUT2D eigenvalue weighted by Gasteiger charge is -2.12. The molecule has 0 N–H and O–H groups in total. The van der Waals surface area contributed by atoms with Crippen LogP contribution in [-0.4, -0.2) is 24.2 Å². The van der Waals surface area contributed by atoms with Crippen molar-refractivity contribution in [1.82, 2.24) is 9.97 Å². The minimum Gasteiger partial charge on any atom is -0.493 e. The highest BCUT2D eigenvalue weighted by atomic mass is 16.5. The summed E-state index contributed by atoms with van der Waals surface area (Å²) in [4.78, 5) is 8.94. The molecule has 2 aromatic heterocycles. The van der Waals surface area contributed by atoms with Gasteiger partial charge in [-0.2, -0.15) is 0 Å². The summed E-state index contributed by atoms with van der Waals surface area (Å²) in [7, 11) is 3.29. The summed E-state index contributed by atoms with van der Waals surface area (Å²) < 4.78 is 10.8. The van der Waals surface area contributed by atoms with E-state index in [0.717, 1.165) is 45.0 Å². The molecular weight excluding hydrogens is 324 g/mol. The smallest absolute Gasteiger partial charge is 0.161 e. The number of nitrogens with zero attached hydrogens (tertiary/aromatic N) is 2. The standard InChI is InChI=1S/C21H18N2O2.CH4/c1-24-20-9-17-13-22-12-16(18(17)10-21(20)25-2)8-14-7-15-5-3-4-6-19(15)23-11-14;/h3-7,9-13H,8H2,1-2H3;1H4. The molecule has 0 unspecified atom stereocenters. The third-order valence-electron chi connectivity index (χ3n) is 4.39. The predicted molar refractivity (Wildman–Crippen MR) is 106 cm³/mol. The van der Waals surface area contributed by atoms with E-state index in [1.165, 1.54) is 0 Å². The topological polar surface area (TPSA) is 44.2 Å². The van der Waals surface area contributed by atoms with Gasteiger partial charge in [-0.15, -0.1) is 0 Å². The lowest BCUT2D eigenvalue weighted by molar-refractivity contribution is 0.356. The van der Waals surface area contributed by atoms with Crippen LogP contribution < -0.4 is 9.47 Å². The third-order valence-corrected chi connectivity index (χ3v) is 4.39. The Bertz CT molecular complexity index is 1060. The molecule has 0 atom stereocenters. The summed E-state index contributed by atoms with van der Waals surface area (Å²) in [5.74, 6) is 1.43. The second-order valence-corrected chi connectivity index (χ2v) is 5.94. The lowest BCUT2D eigenvalue weighted by atomic mass is 10.0. The molecule has 0 radical (unpaired) electrons. The first-order valence-electron chi connectivity index (χ1n) is 8.11. The van der Waals surface area contributed by atoms with E-state index in [4.69, 9.17) is 9.47 Å². The molecule has 0 saturated carbocycles. The van der Waals surface area contributed by atoms with Gasteiger partial charge in [-0.3, -0.25) is 9.97 Å². The van der Waals surface area contributed by atoms with Crippen LogP contribution >= 0.6 is 0 Å². The van der Waals surface area contributed by atoms with E-state index in [1.54, 1.807) is 14.2 Å². The fraction of sp³-hybridized carbons (Fsp3) is 0.182. The minimum atomic E-state index is 0. The fourth-order valence-corrected chi connectivity index (χ4v) is 3.13. The molecule has 0 spiro atoms. The third kappa shape index (κ3) is 3.18. The van der Waals surface area contributed by atoms with Crippen molar-refractivity contribution in [1.29, 1.82) is 0 Å². The molecule has 4 aromatic rings. The van der Waals surface area contributed by atoms with E-state index in [9.17, 15) is 0 Å². The van der Waals surface area contributed by atoms with Crippen LogP contribution in [0, 0.1) is 0 Å². The monoisotopic (exact) mass is 346 g/mol. The van der Waals surface area contributed by atoms with E-state index in [0.29, 0.717) is 5.75 Å². The Labute approximate surface area is 153 Å². The van der Waals surface area contributed by atoms with Gasteiger partial charge in [0.25, 0.3) is 0 Å². The summed E-state index contributed by atoms with van der Waals surface area (Å²) >= 11 is 0. The van der Waals surface area contributed by atoms with Gasteiger partial charge in [-0.05, 0) is 40.8 Å². The Hall–Kier alpha value is -3.14. The first kappa shape index (κ1) is 17.7. The number of hydrogen-bond donors (Lipinski definition) is 0. The molecule has 132 valence electrons. The number of benzene rings is 2. The van der Waals surface area contributed by atoms with E-state index in [-0.39, 0.29) is 7.43 Å². The second-order valence-electron chi connectivity index (χ2n) is 5.94. The molecule has 2 aromatic carbocycles. The lowest BCUT2D eigenvalue weighted by Crippen LogP contribution is -1.95. The van der Waals surface area contributed by atoms with Crippen molar-refractivity contribution in [2.24, 2.45) is 0 Å². The maximum absolute atomic E-state index is 5.45. The van der Waals surface area contributed by atoms with Gasteiger partial charge >= 0.3 is 0 Å². The van der Waals surface area contributed by atoms with Crippen LogP contribution in [0.25, 0.3) is 21.7 Å². The van der Waals surface area contributed by atoms with Crippen molar-refractivity contribution in [2.75, 3.05) is 14.2 Å². The van der Waals surface area contributed by atoms with E-state index < -0.39 is 0 Å². The molecule has 4 nitrogen and oxygen atoms in total. The maximum atomic E-state index is 5.45. The van der Waals surface area contributed by atoms with Gasteiger partial charge in [0.05, 0.1) is 19.7 Å². The zero-order valence-electron chi connectivity index (χ0n) is 14.2. The quantitative estimate of drug-likeness (QED) is 0.520. The molecule has 0 amide bonds. The van der Waals surface area contributed by atoms with Crippen molar-refractivity contribution in [3.8, 4) is 11.5 Å². The summed E-state index contributed by atoms with van der Waals surface area (Å²) in [6, 6.07) is 14.3. The van der Waals surface area contributed by atoms with Crippen molar-refractivity contribution >= 4 is 21.7 Å². The molecule has 0 aliphatic rings. The highest BCUT2D eigenvalue weighted by molar-refractivity contribution is 5.88. The van der Waals surface area contributed by atoms with Gasteiger partial charge in [0, 0.05) is 35.8 Å². The van der Waals surface area contributed by atoms with Gasteiger partial charge < -0.3 is 9.47 Å². The number of pyridine rings is 2. The molecule has 4 heteroatoms. The summed E-state index contributed by atoms with van der Waals surface area (Å²) in [5.41, 5.74) is 3.30. The first-order chi connectivity index (χ1) is 12.3. The van der Waals surface area contributed by atoms with Gasteiger partial charge in [0.2, 0.25) is 0 Å². The van der Waals surface area contributed by atoms with Gasteiger partial charge in [-0.1, -0.05) is 25.6 Å². The average molecular weight is 346 g/mol. The number of aromatic nitrogens is 2. The van der Waals surface area contributed by atoms with Crippen molar-refractivity contribution < 1.29 is 9.47 Å². The van der Waals surface area contributed by atoms with Crippen LogP contribution in [0.2, 0.25) is 0 Å². The number of ether oxygens (including phenoxy) is 2. The van der Waals surface area contributed by atoms with Gasteiger partial charge in [0.15, 0.2) is 11.5 Å². The van der Waals surface area contributed by atoms with Crippen molar-refractivity contribution in [2.45, 2.75) is 13.8 Å². The number of para-hydroxylation sites is 1. The van der Waals surface area contributed by atoms with Crippen LogP contribution in [0.4, 0.5) is 0 Å². The number of fused-ring (bicyclic) bond motifs is 2. The van der Waals surface area contributed by atoms with E-state index >= 15 is 0 Å². The van der Waals surface area contributed by atoms with Gasteiger partial charge in [0.1, 0.15) is 0 Å². The Kier molecular flexibility index (Phi) is 5.03. The highest BCUT2D eigenvalue weighted by Gasteiger charge is 2.10. The normalized spacial score (nSPS) is 10.5. The summed E-state index contributed by atoms with van der Waals surface area (Å²) in [6.45, 7) is 0. The SMILES string of the molecule is C.COc1cc2cncc(Cc3cnc4ccccc4c3)c2cc1OC. The Morgan fingerprint density at radius 3 is 2.42 bits per heavy atom. The Morgan fingerprint density at radius 2 is 1.62 bits per heavy atom. The average Bonchev–Trinajstić information content (AvgIpc) is 2.67. The molecule has 2 heterocycles. The van der Waals surface area contributed by atoms with Crippen LogP contribution in [0.15, 0.2) is 61.1 Å². The van der Waals surface area contributed by atoms with E-state index in [1.807, 2.05) is 48.9 Å². The van der Waals surface area contributed by atoms with Crippen LogP contribution in [0.3, 0.4) is 0 Å². The van der Waals surface area contributed by atoms with Crippen molar-refractivity contribution in [3.05, 3.63) is 72.2 Å². The number of hydrogen-bond acceptors (Lipinski definition) is 4. The molecule has 4 rings (SSSR count). The van der Waals surface area contributed by atoms with Crippen LogP contribution in [0.5, 0.6) is 11.5 Å². The summed E-state index contributed by atoms with van der Waals surface area (Å²) in [5, 5.41) is 3.29. The molecule has 0 bridgehead atoms. The zero-order valence-corrected chi connectivity index (χ0v) is 14.2. The molecule has 0 fully saturated rings. The maximum Gasteiger partial charge on any atom is 0.161 e. The number of methoxy groups -OCH3 is 2. The Morgan fingerprint density at radius 1 is 0.846 bits per heavy atom. The Balaban J connectivity index is 0.00000196.